The maximum Gasteiger partial charge on any atom is 0.316 e. The second-order valence-corrected chi connectivity index (χ2v) is 6.05. The number of benzene rings is 2. The zero-order chi connectivity index (χ0) is 18.6. The Balaban J connectivity index is 2.25. The van der Waals surface area contributed by atoms with Crippen molar-refractivity contribution in [2.24, 2.45) is 0 Å². The van der Waals surface area contributed by atoms with Crippen molar-refractivity contribution in [1.82, 2.24) is 0 Å². The number of halogens is 1. The molecule has 0 unspecified atom stereocenters. The van der Waals surface area contributed by atoms with Crippen molar-refractivity contribution in [1.29, 1.82) is 0 Å². The monoisotopic (exact) mass is 360 g/mol. The average molecular weight is 361 g/mol. The van der Waals surface area contributed by atoms with Crippen LogP contribution in [0, 0.1) is 13.8 Å². The third-order valence-electron chi connectivity index (χ3n) is 3.80. The predicted octanol–water partition coefficient (Wildman–Crippen LogP) is 3.96. The number of amides is 2. The maximum atomic E-state index is 12.6. The lowest BCUT2D eigenvalue weighted by molar-refractivity contribution is -0.134. The van der Waals surface area contributed by atoms with E-state index in [1.807, 2.05) is 39.0 Å². The molecule has 2 rings (SSSR count). The van der Waals surface area contributed by atoms with Gasteiger partial charge >= 0.3 is 11.8 Å². The first-order chi connectivity index (χ1) is 11.9. The number of rotatable bonds is 4. The van der Waals surface area contributed by atoms with E-state index in [-0.39, 0.29) is 0 Å². The molecule has 0 aliphatic heterocycles. The fraction of sp³-hybridized carbons (Fsp3) is 0.263. The molecule has 0 saturated heterocycles. The van der Waals surface area contributed by atoms with Gasteiger partial charge in [0, 0.05) is 23.3 Å². The summed E-state index contributed by atoms with van der Waals surface area (Å²) in [6, 6.07) is 10.7. The van der Waals surface area contributed by atoms with Crippen LogP contribution in [0.3, 0.4) is 0 Å². The minimum Gasteiger partial charge on any atom is -0.495 e. The summed E-state index contributed by atoms with van der Waals surface area (Å²) in [7, 11) is 1.48. The van der Waals surface area contributed by atoms with Gasteiger partial charge in [-0.05, 0) is 50.1 Å². The van der Waals surface area contributed by atoms with Gasteiger partial charge in [0.05, 0.1) is 12.8 Å². The molecule has 2 aromatic rings. The van der Waals surface area contributed by atoms with Crippen LogP contribution in [-0.2, 0) is 9.59 Å². The van der Waals surface area contributed by atoms with Crippen LogP contribution in [0.5, 0.6) is 5.75 Å². The maximum absolute atomic E-state index is 12.6. The molecule has 0 fully saturated rings. The summed E-state index contributed by atoms with van der Waals surface area (Å²) in [4.78, 5) is 26.5. The first-order valence-electron chi connectivity index (χ1n) is 7.91. The van der Waals surface area contributed by atoms with Gasteiger partial charge in [0.15, 0.2) is 0 Å². The van der Waals surface area contributed by atoms with Crippen molar-refractivity contribution in [3.8, 4) is 5.75 Å². The number of hydrogen-bond donors (Lipinski definition) is 1. The molecular formula is C19H21ClN2O3. The molecular weight excluding hydrogens is 340 g/mol. The van der Waals surface area contributed by atoms with Crippen LogP contribution in [0.4, 0.5) is 11.4 Å². The Morgan fingerprint density at radius 1 is 1.20 bits per heavy atom. The third kappa shape index (κ3) is 4.31. The first-order valence-corrected chi connectivity index (χ1v) is 8.28. The summed E-state index contributed by atoms with van der Waals surface area (Å²) < 4.78 is 5.22. The van der Waals surface area contributed by atoms with E-state index in [1.54, 1.807) is 18.2 Å². The van der Waals surface area contributed by atoms with Crippen LogP contribution < -0.4 is 15.0 Å². The second kappa shape index (κ2) is 8.03. The highest BCUT2D eigenvalue weighted by atomic mass is 35.5. The lowest BCUT2D eigenvalue weighted by atomic mass is 10.2. The number of carbonyl (C=O) groups is 2. The van der Waals surface area contributed by atoms with Crippen LogP contribution in [0.2, 0.25) is 5.02 Å². The zero-order valence-electron chi connectivity index (χ0n) is 14.7. The molecule has 5 nitrogen and oxygen atoms in total. The molecule has 0 radical (unpaired) electrons. The van der Waals surface area contributed by atoms with Crippen molar-refractivity contribution in [3.05, 3.63) is 52.5 Å². The van der Waals surface area contributed by atoms with Crippen LogP contribution in [0.25, 0.3) is 0 Å². The van der Waals surface area contributed by atoms with Gasteiger partial charge in [0.2, 0.25) is 0 Å². The average Bonchev–Trinajstić information content (AvgIpc) is 2.58. The number of methoxy groups -OCH3 is 1. The SMILES string of the molecule is CCN(C(=O)C(=O)Nc1cc(C)c(Cl)cc1OC)c1cccc(C)c1. The number of carbonyl (C=O) groups excluding carboxylic acids is 2. The van der Waals surface area contributed by atoms with Crippen LogP contribution in [0.15, 0.2) is 36.4 Å². The molecule has 0 aliphatic carbocycles. The van der Waals surface area contributed by atoms with Gasteiger partial charge < -0.3 is 15.0 Å². The largest absolute Gasteiger partial charge is 0.495 e. The van der Waals surface area contributed by atoms with Crippen molar-refractivity contribution in [3.63, 3.8) is 0 Å². The molecule has 2 amide bonds. The van der Waals surface area contributed by atoms with Gasteiger partial charge in [-0.2, -0.15) is 0 Å². The summed E-state index contributed by atoms with van der Waals surface area (Å²) in [6.07, 6.45) is 0. The van der Waals surface area contributed by atoms with Crippen molar-refractivity contribution in [2.45, 2.75) is 20.8 Å². The molecule has 6 heteroatoms. The van der Waals surface area contributed by atoms with E-state index in [2.05, 4.69) is 5.32 Å². The molecule has 0 aliphatic rings. The van der Waals surface area contributed by atoms with E-state index in [9.17, 15) is 9.59 Å². The molecule has 1 N–H and O–H groups in total. The van der Waals surface area contributed by atoms with Gasteiger partial charge in [-0.3, -0.25) is 9.59 Å². The van der Waals surface area contributed by atoms with E-state index in [4.69, 9.17) is 16.3 Å². The Labute approximate surface area is 152 Å². The molecule has 0 saturated carbocycles. The Bertz CT molecular complexity index is 805. The Hall–Kier alpha value is -2.53. The van der Waals surface area contributed by atoms with E-state index < -0.39 is 11.8 Å². The molecule has 0 heterocycles. The van der Waals surface area contributed by atoms with Gasteiger partial charge in [-0.25, -0.2) is 0 Å². The highest BCUT2D eigenvalue weighted by Crippen LogP contribution is 2.31. The summed E-state index contributed by atoms with van der Waals surface area (Å²) >= 11 is 6.06. The smallest absolute Gasteiger partial charge is 0.316 e. The summed E-state index contributed by atoms with van der Waals surface area (Å²) in [5.41, 5.74) is 2.88. The summed E-state index contributed by atoms with van der Waals surface area (Å²) in [5, 5.41) is 3.14. The van der Waals surface area contributed by atoms with Gasteiger partial charge in [0.25, 0.3) is 0 Å². The van der Waals surface area contributed by atoms with Crippen LogP contribution in [-0.4, -0.2) is 25.5 Å². The Morgan fingerprint density at radius 3 is 2.52 bits per heavy atom. The molecule has 0 aromatic heterocycles. The lowest BCUT2D eigenvalue weighted by Crippen LogP contribution is -2.39. The van der Waals surface area contributed by atoms with Gasteiger partial charge in [0.1, 0.15) is 5.75 Å². The standard InChI is InChI=1S/C19H21ClN2O3/c1-5-22(14-8-6-7-12(2)9-14)19(24)18(23)21-16-10-13(3)15(20)11-17(16)25-4/h6-11H,5H2,1-4H3,(H,21,23). The fourth-order valence-electron chi connectivity index (χ4n) is 2.47. The highest BCUT2D eigenvalue weighted by Gasteiger charge is 2.23. The van der Waals surface area contributed by atoms with E-state index >= 15 is 0 Å². The number of nitrogens with zero attached hydrogens (tertiary/aromatic N) is 1. The second-order valence-electron chi connectivity index (χ2n) is 5.64. The highest BCUT2D eigenvalue weighted by molar-refractivity contribution is 6.44. The van der Waals surface area contributed by atoms with Crippen molar-refractivity contribution >= 4 is 34.8 Å². The molecule has 0 bridgehead atoms. The molecule has 2 aromatic carbocycles. The number of likely N-dealkylation sites (N-methyl/N-ethyl adjacent to an activating group) is 1. The fourth-order valence-corrected chi connectivity index (χ4v) is 2.62. The summed E-state index contributed by atoms with van der Waals surface area (Å²) in [6.45, 7) is 5.95. The number of anilines is 2. The topological polar surface area (TPSA) is 58.6 Å². The zero-order valence-corrected chi connectivity index (χ0v) is 15.5. The number of aryl methyl sites for hydroxylation is 2. The van der Waals surface area contributed by atoms with Crippen molar-refractivity contribution < 1.29 is 14.3 Å². The molecule has 132 valence electrons. The number of nitrogens with one attached hydrogen (secondary N) is 1. The van der Waals surface area contributed by atoms with E-state index in [1.165, 1.54) is 12.0 Å². The van der Waals surface area contributed by atoms with E-state index in [0.717, 1.165) is 11.1 Å². The molecule has 0 atom stereocenters. The third-order valence-corrected chi connectivity index (χ3v) is 4.21. The molecule has 25 heavy (non-hydrogen) atoms. The van der Waals surface area contributed by atoms with Crippen LogP contribution >= 0.6 is 11.6 Å². The van der Waals surface area contributed by atoms with Gasteiger partial charge in [-0.1, -0.05) is 23.7 Å². The minimum atomic E-state index is -0.733. The van der Waals surface area contributed by atoms with E-state index in [0.29, 0.717) is 28.7 Å². The summed E-state index contributed by atoms with van der Waals surface area (Å²) in [5.74, 6) is -0.971. The Morgan fingerprint density at radius 2 is 1.92 bits per heavy atom. The number of ether oxygens (including phenoxy) is 1. The Kier molecular flexibility index (Phi) is 6.04. The minimum absolute atomic E-state index is 0.381. The normalized spacial score (nSPS) is 10.3. The quantitative estimate of drug-likeness (QED) is 0.839. The molecule has 0 spiro atoms. The van der Waals surface area contributed by atoms with Gasteiger partial charge in [-0.15, -0.1) is 0 Å². The van der Waals surface area contributed by atoms with Crippen LogP contribution in [0.1, 0.15) is 18.1 Å². The number of hydrogen-bond acceptors (Lipinski definition) is 3. The van der Waals surface area contributed by atoms with Crippen molar-refractivity contribution in [2.75, 3.05) is 23.9 Å². The lowest BCUT2D eigenvalue weighted by Gasteiger charge is -2.21. The first kappa shape index (κ1) is 18.8. The predicted molar refractivity (Wildman–Crippen MR) is 101 cm³/mol.